The van der Waals surface area contributed by atoms with E-state index in [1.54, 1.807) is 6.20 Å². The lowest BCUT2D eigenvalue weighted by molar-refractivity contribution is 0.280. The Hall–Kier alpha value is -1.68. The minimum absolute atomic E-state index is 0.0416. The van der Waals surface area contributed by atoms with Crippen LogP contribution in [0.2, 0.25) is 0 Å². The second-order valence-corrected chi connectivity index (χ2v) is 3.79. The first-order chi connectivity index (χ1) is 7.72. The summed E-state index contributed by atoms with van der Waals surface area (Å²) in [6, 6.07) is 5.82. The monoisotopic (exact) mass is 217 g/mol. The van der Waals surface area contributed by atoms with Gasteiger partial charge in [0, 0.05) is 17.5 Å². The minimum atomic E-state index is 0.0416. The standard InChI is InChI=1S/C12H15N3O/c1-9-12(8-16)10(2)15(14-9)7-11-5-3-4-6-13-11/h3-6,16H,7-8H2,1-2H3. The van der Waals surface area contributed by atoms with Gasteiger partial charge in [-0.05, 0) is 26.0 Å². The Bertz CT molecular complexity index is 477. The average molecular weight is 217 g/mol. The number of aryl methyl sites for hydroxylation is 1. The topological polar surface area (TPSA) is 50.9 Å². The molecule has 0 aliphatic carbocycles. The van der Waals surface area contributed by atoms with E-state index in [0.29, 0.717) is 6.54 Å². The first kappa shape index (κ1) is 10.8. The van der Waals surface area contributed by atoms with E-state index in [1.807, 2.05) is 36.7 Å². The van der Waals surface area contributed by atoms with E-state index >= 15 is 0 Å². The van der Waals surface area contributed by atoms with Crippen molar-refractivity contribution in [1.29, 1.82) is 0 Å². The van der Waals surface area contributed by atoms with Crippen LogP contribution in [0.4, 0.5) is 0 Å². The summed E-state index contributed by atoms with van der Waals surface area (Å²) < 4.78 is 1.88. The molecule has 0 unspecified atom stereocenters. The van der Waals surface area contributed by atoms with Crippen molar-refractivity contribution in [2.45, 2.75) is 27.0 Å². The van der Waals surface area contributed by atoms with Gasteiger partial charge in [-0.25, -0.2) is 0 Å². The number of aromatic nitrogens is 3. The molecule has 4 heteroatoms. The van der Waals surface area contributed by atoms with Crippen LogP contribution >= 0.6 is 0 Å². The Balaban J connectivity index is 2.29. The molecule has 0 saturated carbocycles. The molecule has 0 fully saturated rings. The summed E-state index contributed by atoms with van der Waals surface area (Å²) in [5.41, 5.74) is 3.77. The Labute approximate surface area is 94.6 Å². The summed E-state index contributed by atoms with van der Waals surface area (Å²) in [5.74, 6) is 0. The first-order valence-corrected chi connectivity index (χ1v) is 5.26. The second kappa shape index (κ2) is 4.45. The lowest BCUT2D eigenvalue weighted by Gasteiger charge is -2.03. The molecule has 0 aliphatic heterocycles. The molecule has 1 N–H and O–H groups in total. The summed E-state index contributed by atoms with van der Waals surface area (Å²) in [6.45, 7) is 4.56. The van der Waals surface area contributed by atoms with E-state index in [4.69, 9.17) is 0 Å². The molecule has 0 saturated heterocycles. The fourth-order valence-electron chi connectivity index (χ4n) is 1.76. The van der Waals surface area contributed by atoms with Gasteiger partial charge in [0.05, 0.1) is 24.5 Å². The third-order valence-corrected chi connectivity index (χ3v) is 2.73. The van der Waals surface area contributed by atoms with Crippen molar-refractivity contribution in [3.63, 3.8) is 0 Å². The largest absolute Gasteiger partial charge is 0.392 e. The smallest absolute Gasteiger partial charge is 0.0834 e. The van der Waals surface area contributed by atoms with Crippen LogP contribution in [-0.4, -0.2) is 19.9 Å². The lowest BCUT2D eigenvalue weighted by Crippen LogP contribution is -2.05. The zero-order valence-corrected chi connectivity index (χ0v) is 9.51. The van der Waals surface area contributed by atoms with Crippen molar-refractivity contribution in [3.05, 3.63) is 47.0 Å². The van der Waals surface area contributed by atoms with Crippen molar-refractivity contribution in [2.75, 3.05) is 0 Å². The molecular formula is C12H15N3O. The summed E-state index contributed by atoms with van der Waals surface area (Å²) in [7, 11) is 0. The molecule has 4 nitrogen and oxygen atoms in total. The van der Waals surface area contributed by atoms with E-state index in [2.05, 4.69) is 10.1 Å². The molecule has 16 heavy (non-hydrogen) atoms. The van der Waals surface area contributed by atoms with Crippen molar-refractivity contribution < 1.29 is 5.11 Å². The van der Waals surface area contributed by atoms with Crippen molar-refractivity contribution >= 4 is 0 Å². The molecule has 2 heterocycles. The number of pyridine rings is 1. The highest BCUT2D eigenvalue weighted by Crippen LogP contribution is 2.13. The highest BCUT2D eigenvalue weighted by Gasteiger charge is 2.10. The zero-order valence-electron chi connectivity index (χ0n) is 9.51. The molecule has 84 valence electrons. The quantitative estimate of drug-likeness (QED) is 0.846. The van der Waals surface area contributed by atoms with Gasteiger partial charge in [0.15, 0.2) is 0 Å². The predicted molar refractivity (Wildman–Crippen MR) is 61.0 cm³/mol. The van der Waals surface area contributed by atoms with Gasteiger partial charge in [0.25, 0.3) is 0 Å². The molecule has 0 atom stereocenters. The maximum atomic E-state index is 9.21. The number of rotatable bonds is 3. The second-order valence-electron chi connectivity index (χ2n) is 3.79. The van der Waals surface area contributed by atoms with Crippen LogP contribution < -0.4 is 0 Å². The molecule has 0 radical (unpaired) electrons. The summed E-state index contributed by atoms with van der Waals surface area (Å²) in [4.78, 5) is 4.26. The van der Waals surface area contributed by atoms with Gasteiger partial charge in [-0.3, -0.25) is 9.67 Å². The Morgan fingerprint density at radius 2 is 2.12 bits per heavy atom. The normalized spacial score (nSPS) is 10.7. The zero-order chi connectivity index (χ0) is 11.5. The summed E-state index contributed by atoms with van der Waals surface area (Å²) in [5, 5.41) is 13.6. The van der Waals surface area contributed by atoms with Crippen LogP contribution in [0.15, 0.2) is 24.4 Å². The van der Waals surface area contributed by atoms with E-state index in [1.165, 1.54) is 0 Å². The number of hydrogen-bond donors (Lipinski definition) is 1. The van der Waals surface area contributed by atoms with Crippen molar-refractivity contribution in [3.8, 4) is 0 Å². The molecule has 0 spiro atoms. The maximum Gasteiger partial charge on any atom is 0.0834 e. The van der Waals surface area contributed by atoms with E-state index in [9.17, 15) is 5.11 Å². The molecule has 0 aromatic carbocycles. The minimum Gasteiger partial charge on any atom is -0.392 e. The van der Waals surface area contributed by atoms with Gasteiger partial charge in [-0.15, -0.1) is 0 Å². The van der Waals surface area contributed by atoms with Crippen LogP contribution in [0.1, 0.15) is 22.6 Å². The summed E-state index contributed by atoms with van der Waals surface area (Å²) in [6.07, 6.45) is 1.77. The van der Waals surface area contributed by atoms with Crippen molar-refractivity contribution in [2.24, 2.45) is 0 Å². The fourth-order valence-corrected chi connectivity index (χ4v) is 1.76. The molecule has 0 bridgehead atoms. The van der Waals surface area contributed by atoms with Gasteiger partial charge >= 0.3 is 0 Å². The third kappa shape index (κ3) is 1.97. The molecule has 2 aromatic rings. The van der Waals surface area contributed by atoms with Gasteiger partial charge in [-0.2, -0.15) is 5.10 Å². The number of hydrogen-bond acceptors (Lipinski definition) is 3. The maximum absolute atomic E-state index is 9.21. The van der Waals surface area contributed by atoms with Gasteiger partial charge in [0.2, 0.25) is 0 Å². The van der Waals surface area contributed by atoms with Crippen LogP contribution in [0, 0.1) is 13.8 Å². The highest BCUT2D eigenvalue weighted by molar-refractivity contribution is 5.24. The SMILES string of the molecule is Cc1nn(Cc2ccccn2)c(C)c1CO. The highest BCUT2D eigenvalue weighted by atomic mass is 16.3. The average Bonchev–Trinajstić information content (AvgIpc) is 2.55. The lowest BCUT2D eigenvalue weighted by atomic mass is 10.2. The third-order valence-electron chi connectivity index (χ3n) is 2.73. The van der Waals surface area contributed by atoms with E-state index in [0.717, 1.165) is 22.6 Å². The molecule has 0 aliphatic rings. The van der Waals surface area contributed by atoms with Gasteiger partial charge in [0.1, 0.15) is 0 Å². The Morgan fingerprint density at radius 3 is 2.69 bits per heavy atom. The number of aliphatic hydroxyl groups excluding tert-OH is 1. The first-order valence-electron chi connectivity index (χ1n) is 5.26. The van der Waals surface area contributed by atoms with E-state index < -0.39 is 0 Å². The molecule has 2 rings (SSSR count). The fraction of sp³-hybridized carbons (Fsp3) is 0.333. The van der Waals surface area contributed by atoms with Crippen LogP contribution in [0.3, 0.4) is 0 Å². The molecule has 0 amide bonds. The molecular weight excluding hydrogens is 202 g/mol. The van der Waals surface area contributed by atoms with Gasteiger partial charge in [-0.1, -0.05) is 6.07 Å². The van der Waals surface area contributed by atoms with Crippen LogP contribution in [0.25, 0.3) is 0 Å². The Kier molecular flexibility index (Phi) is 3.01. The Morgan fingerprint density at radius 1 is 1.31 bits per heavy atom. The summed E-state index contributed by atoms with van der Waals surface area (Å²) >= 11 is 0. The number of aliphatic hydroxyl groups is 1. The van der Waals surface area contributed by atoms with Crippen molar-refractivity contribution in [1.82, 2.24) is 14.8 Å². The van der Waals surface area contributed by atoms with Crippen LogP contribution in [0.5, 0.6) is 0 Å². The van der Waals surface area contributed by atoms with Crippen LogP contribution in [-0.2, 0) is 13.2 Å². The van der Waals surface area contributed by atoms with Gasteiger partial charge < -0.3 is 5.11 Å². The van der Waals surface area contributed by atoms with E-state index in [-0.39, 0.29) is 6.61 Å². The molecule has 2 aromatic heterocycles. The number of nitrogens with zero attached hydrogens (tertiary/aromatic N) is 3. The predicted octanol–water partition coefficient (Wildman–Crippen LogP) is 1.44.